The summed E-state index contributed by atoms with van der Waals surface area (Å²) in [6, 6.07) is 1.98. The van der Waals surface area contributed by atoms with E-state index in [-0.39, 0.29) is 0 Å². The Morgan fingerprint density at radius 3 is 2.17 bits per heavy atom. The first-order valence-electron chi connectivity index (χ1n) is 6.15. The van der Waals surface area contributed by atoms with Gasteiger partial charge in [-0.1, -0.05) is 6.07 Å². The molecule has 0 bridgehead atoms. The zero-order valence-electron chi connectivity index (χ0n) is 11.8. The highest BCUT2D eigenvalue weighted by atomic mass is 19.4. The monoisotopic (exact) mass is 355 g/mol. The van der Waals surface area contributed by atoms with Crippen molar-refractivity contribution in [1.29, 1.82) is 0 Å². The number of hydrogen-bond acceptors (Lipinski definition) is 3. The first-order chi connectivity index (χ1) is 10.9. The topological polar surface area (TPSA) is 60.9 Å². The van der Waals surface area contributed by atoms with Crippen molar-refractivity contribution in [2.75, 3.05) is 5.73 Å². The van der Waals surface area contributed by atoms with E-state index in [0.29, 0.717) is 10.6 Å². The van der Waals surface area contributed by atoms with E-state index >= 15 is 0 Å². The van der Waals surface area contributed by atoms with Crippen LogP contribution < -0.4 is 11.3 Å². The molecule has 0 radical (unpaired) electrons. The van der Waals surface area contributed by atoms with Gasteiger partial charge in [0.05, 0.1) is 11.1 Å². The Bertz CT molecular complexity index is 852. The van der Waals surface area contributed by atoms with Crippen LogP contribution in [0.25, 0.3) is 11.4 Å². The molecule has 2 rings (SSSR count). The lowest BCUT2D eigenvalue weighted by molar-refractivity contribution is -0.141. The minimum Gasteiger partial charge on any atom is -0.392 e. The molecule has 0 aliphatic rings. The molecule has 0 spiro atoms. The summed E-state index contributed by atoms with van der Waals surface area (Å²) in [6.45, 7) is 0. The molecule has 0 aliphatic carbocycles. The van der Waals surface area contributed by atoms with Crippen LogP contribution in [0.2, 0.25) is 0 Å². The van der Waals surface area contributed by atoms with Crippen LogP contribution in [0.1, 0.15) is 11.3 Å². The average Bonchev–Trinajstić information content (AvgIpc) is 2.43. The zero-order chi connectivity index (χ0) is 18.4. The lowest BCUT2D eigenvalue weighted by Crippen LogP contribution is -2.28. The minimum absolute atomic E-state index is 0.416. The van der Waals surface area contributed by atoms with Crippen molar-refractivity contribution in [3.05, 3.63) is 45.6 Å². The van der Waals surface area contributed by atoms with Gasteiger partial charge in [0.2, 0.25) is 0 Å². The summed E-state index contributed by atoms with van der Waals surface area (Å²) >= 11 is 0. The van der Waals surface area contributed by atoms with E-state index in [9.17, 15) is 35.5 Å². The van der Waals surface area contributed by atoms with Gasteiger partial charge in [-0.3, -0.25) is 9.36 Å². The van der Waals surface area contributed by atoms with Gasteiger partial charge >= 0.3 is 12.4 Å². The van der Waals surface area contributed by atoms with Gasteiger partial charge in [-0.25, -0.2) is 9.37 Å². The molecule has 0 fully saturated rings. The van der Waals surface area contributed by atoms with E-state index in [4.69, 9.17) is 5.73 Å². The molecule has 2 N–H and O–H groups in total. The summed E-state index contributed by atoms with van der Waals surface area (Å²) in [5, 5.41) is 0. The number of benzene rings is 1. The maximum Gasteiger partial charge on any atom is 0.435 e. The maximum absolute atomic E-state index is 14.1. The van der Waals surface area contributed by atoms with Crippen LogP contribution in [-0.2, 0) is 19.4 Å². The van der Waals surface area contributed by atoms with Crippen molar-refractivity contribution in [3.63, 3.8) is 0 Å². The number of nitrogen functional groups attached to an aromatic ring is 1. The van der Waals surface area contributed by atoms with Gasteiger partial charge in [0.15, 0.2) is 5.69 Å². The molecule has 130 valence electrons. The summed E-state index contributed by atoms with van der Waals surface area (Å²) in [5.74, 6) is -2.77. The molecule has 0 saturated carbocycles. The number of alkyl halides is 6. The normalized spacial score (nSPS) is 12.5. The summed E-state index contributed by atoms with van der Waals surface area (Å²) < 4.78 is 91.3. The summed E-state index contributed by atoms with van der Waals surface area (Å²) in [4.78, 5) is 14.8. The third kappa shape index (κ3) is 2.93. The van der Waals surface area contributed by atoms with Crippen molar-refractivity contribution in [1.82, 2.24) is 9.55 Å². The van der Waals surface area contributed by atoms with Gasteiger partial charge in [0, 0.05) is 7.05 Å². The molecule has 0 amide bonds. The maximum atomic E-state index is 14.1. The Morgan fingerprint density at radius 2 is 1.67 bits per heavy atom. The number of aromatic nitrogens is 2. The highest BCUT2D eigenvalue weighted by Gasteiger charge is 2.39. The lowest BCUT2D eigenvalue weighted by atomic mass is 10.1. The van der Waals surface area contributed by atoms with Crippen LogP contribution >= 0.6 is 0 Å². The predicted molar refractivity (Wildman–Crippen MR) is 69.3 cm³/mol. The lowest BCUT2D eigenvalue weighted by Gasteiger charge is -2.16. The number of hydrogen-bond donors (Lipinski definition) is 1. The zero-order valence-corrected chi connectivity index (χ0v) is 11.8. The van der Waals surface area contributed by atoms with Crippen LogP contribution in [-0.4, -0.2) is 9.55 Å². The quantitative estimate of drug-likeness (QED) is 0.799. The number of halogens is 7. The second kappa shape index (κ2) is 5.49. The number of nitrogens with zero attached hydrogens (tertiary/aromatic N) is 2. The molecule has 0 aliphatic heterocycles. The van der Waals surface area contributed by atoms with Gasteiger partial charge < -0.3 is 5.73 Å². The Kier molecular flexibility index (Phi) is 4.07. The standard InChI is InChI=1S/C13H8F7N3O/c1-23-10(22-9(13(18,19)20)8(21)11(23)24)5-3-2-4-6(7(5)14)12(15,16)17/h2-4H,21H2,1H3. The van der Waals surface area contributed by atoms with E-state index in [1.807, 2.05) is 0 Å². The smallest absolute Gasteiger partial charge is 0.392 e. The third-order valence-electron chi connectivity index (χ3n) is 3.14. The van der Waals surface area contributed by atoms with Crippen LogP contribution in [0.5, 0.6) is 0 Å². The molecular formula is C13H8F7N3O. The van der Waals surface area contributed by atoms with Gasteiger partial charge in [-0.05, 0) is 12.1 Å². The molecule has 1 aromatic heterocycles. The molecule has 1 aromatic carbocycles. The van der Waals surface area contributed by atoms with E-state index in [1.165, 1.54) is 0 Å². The SMILES string of the molecule is Cn1c(-c2cccc(C(F)(F)F)c2F)nc(C(F)(F)F)c(N)c1=O. The first-order valence-corrected chi connectivity index (χ1v) is 6.15. The molecule has 0 saturated heterocycles. The summed E-state index contributed by atoms with van der Waals surface area (Å²) in [5.41, 5.74) is -1.92. The van der Waals surface area contributed by atoms with Crippen molar-refractivity contribution in [2.45, 2.75) is 12.4 Å². The number of rotatable bonds is 1. The highest BCUT2D eigenvalue weighted by molar-refractivity contribution is 5.60. The Balaban J connectivity index is 2.85. The predicted octanol–water partition coefficient (Wildman–Crippen LogP) is 3.21. The largest absolute Gasteiger partial charge is 0.435 e. The summed E-state index contributed by atoms with van der Waals surface area (Å²) in [6.07, 6.45) is -10.2. The summed E-state index contributed by atoms with van der Waals surface area (Å²) in [7, 11) is 0.918. The fourth-order valence-electron chi connectivity index (χ4n) is 2.00. The van der Waals surface area contributed by atoms with Crippen LogP contribution in [0, 0.1) is 5.82 Å². The van der Waals surface area contributed by atoms with E-state index in [0.717, 1.165) is 19.2 Å². The van der Waals surface area contributed by atoms with Crippen molar-refractivity contribution in [3.8, 4) is 11.4 Å². The second-order valence-electron chi connectivity index (χ2n) is 4.72. The van der Waals surface area contributed by atoms with Crippen molar-refractivity contribution >= 4 is 5.69 Å². The van der Waals surface area contributed by atoms with Gasteiger partial charge in [-0.2, -0.15) is 26.3 Å². The van der Waals surface area contributed by atoms with Crippen LogP contribution in [0.15, 0.2) is 23.0 Å². The van der Waals surface area contributed by atoms with Gasteiger partial charge in [0.25, 0.3) is 5.56 Å². The van der Waals surface area contributed by atoms with Crippen LogP contribution in [0.4, 0.5) is 36.4 Å². The molecule has 4 nitrogen and oxygen atoms in total. The first kappa shape index (κ1) is 17.8. The Labute approximate surface area is 129 Å². The molecule has 24 heavy (non-hydrogen) atoms. The molecular weight excluding hydrogens is 347 g/mol. The third-order valence-corrected chi connectivity index (χ3v) is 3.14. The number of anilines is 1. The molecule has 1 heterocycles. The van der Waals surface area contributed by atoms with E-state index < -0.39 is 52.1 Å². The van der Waals surface area contributed by atoms with Gasteiger partial charge in [-0.15, -0.1) is 0 Å². The van der Waals surface area contributed by atoms with Crippen molar-refractivity contribution in [2.24, 2.45) is 7.05 Å². The Hall–Kier alpha value is -2.59. The number of nitrogens with two attached hydrogens (primary N) is 1. The van der Waals surface area contributed by atoms with Crippen molar-refractivity contribution < 1.29 is 30.7 Å². The highest BCUT2D eigenvalue weighted by Crippen LogP contribution is 2.36. The van der Waals surface area contributed by atoms with E-state index in [2.05, 4.69) is 4.98 Å². The van der Waals surface area contributed by atoms with E-state index in [1.54, 1.807) is 0 Å². The molecule has 2 aromatic rings. The van der Waals surface area contributed by atoms with Gasteiger partial charge in [0.1, 0.15) is 17.3 Å². The average molecular weight is 355 g/mol. The second-order valence-corrected chi connectivity index (χ2v) is 4.72. The fraction of sp³-hybridized carbons (Fsp3) is 0.231. The molecule has 0 unspecified atom stereocenters. The molecule has 11 heteroatoms. The minimum atomic E-state index is -5.13. The Morgan fingerprint density at radius 1 is 1.08 bits per heavy atom. The molecule has 0 atom stereocenters. The van der Waals surface area contributed by atoms with Crippen LogP contribution in [0.3, 0.4) is 0 Å². The fourth-order valence-corrected chi connectivity index (χ4v) is 2.00.